The third kappa shape index (κ3) is 4.64. The summed E-state index contributed by atoms with van der Waals surface area (Å²) in [5.74, 6) is -0.375. The normalized spacial score (nSPS) is 18.5. The van der Waals surface area contributed by atoms with Gasteiger partial charge in [0.25, 0.3) is 5.91 Å². The maximum absolute atomic E-state index is 13.0. The van der Waals surface area contributed by atoms with Gasteiger partial charge in [-0.1, -0.05) is 6.92 Å². The summed E-state index contributed by atoms with van der Waals surface area (Å²) in [6.07, 6.45) is 1.73. The first kappa shape index (κ1) is 22.3. The number of rotatable bonds is 6. The molecule has 4 rings (SSSR count). The topological polar surface area (TPSA) is 73.0 Å². The number of nitrogens with zero attached hydrogens (tertiary/aromatic N) is 3. The Morgan fingerprint density at radius 2 is 1.77 bits per heavy atom. The highest BCUT2D eigenvalue weighted by molar-refractivity contribution is 7.89. The van der Waals surface area contributed by atoms with Gasteiger partial charge in [-0.05, 0) is 61.5 Å². The Hall–Kier alpha value is -1.94. The van der Waals surface area contributed by atoms with Crippen LogP contribution in [0.25, 0.3) is 0 Å². The van der Waals surface area contributed by atoms with Gasteiger partial charge in [0, 0.05) is 50.6 Å². The Balaban J connectivity index is 1.48. The zero-order chi connectivity index (χ0) is 22.0. The van der Waals surface area contributed by atoms with Crippen LogP contribution in [0.2, 0.25) is 0 Å². The monoisotopic (exact) mass is 462 g/mol. The molecule has 1 amide bonds. The molecule has 31 heavy (non-hydrogen) atoms. The number of sulfonamides is 1. The van der Waals surface area contributed by atoms with Crippen LogP contribution in [0.1, 0.15) is 35.0 Å². The lowest BCUT2D eigenvalue weighted by Crippen LogP contribution is -2.46. The maximum Gasteiger partial charge on any atom is 0.267 e. The summed E-state index contributed by atoms with van der Waals surface area (Å²) >= 11 is 1.17. The molecule has 0 saturated carbocycles. The van der Waals surface area contributed by atoms with Gasteiger partial charge in [-0.25, -0.2) is 8.42 Å². The Morgan fingerprint density at radius 1 is 1.06 bits per heavy atom. The van der Waals surface area contributed by atoms with Crippen LogP contribution in [0.15, 0.2) is 34.5 Å². The Kier molecular flexibility index (Phi) is 6.66. The van der Waals surface area contributed by atoms with Crippen LogP contribution in [0.3, 0.4) is 0 Å². The number of anilines is 2. The van der Waals surface area contributed by atoms with Gasteiger partial charge in [-0.15, -0.1) is 11.3 Å². The van der Waals surface area contributed by atoms with E-state index in [1.807, 2.05) is 19.1 Å². The Labute approximate surface area is 188 Å². The zero-order valence-electron chi connectivity index (χ0n) is 18.1. The van der Waals surface area contributed by atoms with Crippen LogP contribution in [-0.2, 0) is 10.0 Å². The number of likely N-dealkylation sites (N-methyl/N-ethyl adjacent to an activating group) is 1. The number of benzene rings is 1. The van der Waals surface area contributed by atoms with E-state index in [2.05, 4.69) is 28.1 Å². The van der Waals surface area contributed by atoms with E-state index in [1.54, 1.807) is 11.4 Å². The summed E-state index contributed by atoms with van der Waals surface area (Å²) in [4.78, 5) is 18.1. The summed E-state index contributed by atoms with van der Waals surface area (Å²) in [6, 6.07) is 7.57. The van der Waals surface area contributed by atoms with Crippen molar-refractivity contribution in [1.29, 1.82) is 0 Å². The highest BCUT2D eigenvalue weighted by Gasteiger charge is 2.32. The molecule has 9 heteroatoms. The van der Waals surface area contributed by atoms with Gasteiger partial charge in [0.1, 0.15) is 9.77 Å². The minimum atomic E-state index is -3.63. The van der Waals surface area contributed by atoms with E-state index < -0.39 is 10.0 Å². The molecule has 0 unspecified atom stereocenters. The second kappa shape index (κ2) is 9.28. The van der Waals surface area contributed by atoms with Crippen molar-refractivity contribution in [2.24, 2.45) is 0 Å². The van der Waals surface area contributed by atoms with Crippen LogP contribution >= 0.6 is 11.3 Å². The fourth-order valence-corrected chi connectivity index (χ4v) is 7.03. The average molecular weight is 463 g/mol. The van der Waals surface area contributed by atoms with Crippen LogP contribution < -0.4 is 10.2 Å². The molecule has 0 bridgehead atoms. The molecule has 0 atom stereocenters. The van der Waals surface area contributed by atoms with E-state index in [1.165, 1.54) is 15.6 Å². The number of hydrogen-bond donors (Lipinski definition) is 1. The molecular weight excluding hydrogens is 432 g/mol. The van der Waals surface area contributed by atoms with Crippen LogP contribution in [0.5, 0.6) is 0 Å². The number of piperazine rings is 1. The molecule has 7 nitrogen and oxygen atoms in total. The molecule has 0 radical (unpaired) electrons. The van der Waals surface area contributed by atoms with Crippen molar-refractivity contribution in [2.45, 2.75) is 31.6 Å². The summed E-state index contributed by atoms with van der Waals surface area (Å²) in [5, 5.41) is 4.59. The van der Waals surface area contributed by atoms with Gasteiger partial charge < -0.3 is 15.1 Å². The van der Waals surface area contributed by atoms with E-state index >= 15 is 0 Å². The second-order valence-electron chi connectivity index (χ2n) is 8.10. The smallest absolute Gasteiger partial charge is 0.267 e. The number of amides is 1. The lowest BCUT2D eigenvalue weighted by Gasteiger charge is -2.35. The minimum absolute atomic E-state index is 0.111. The fourth-order valence-electron chi connectivity index (χ4n) is 4.22. The molecule has 2 fully saturated rings. The van der Waals surface area contributed by atoms with Crippen molar-refractivity contribution in [3.63, 3.8) is 0 Å². The summed E-state index contributed by atoms with van der Waals surface area (Å²) < 4.78 is 27.4. The molecule has 1 N–H and O–H groups in total. The van der Waals surface area contributed by atoms with Crippen LogP contribution in [-0.4, -0.2) is 69.3 Å². The van der Waals surface area contributed by atoms with Gasteiger partial charge in [0.2, 0.25) is 10.0 Å². The third-order valence-corrected chi connectivity index (χ3v) is 9.14. The lowest BCUT2D eigenvalue weighted by atomic mass is 10.1. The van der Waals surface area contributed by atoms with Crippen molar-refractivity contribution in [3.8, 4) is 0 Å². The number of nitrogens with one attached hydrogen (secondary N) is 1. The molecule has 3 heterocycles. The van der Waals surface area contributed by atoms with Gasteiger partial charge >= 0.3 is 0 Å². The zero-order valence-corrected chi connectivity index (χ0v) is 19.8. The highest BCUT2D eigenvalue weighted by Crippen LogP contribution is 2.29. The van der Waals surface area contributed by atoms with Gasteiger partial charge in [-0.2, -0.15) is 4.31 Å². The van der Waals surface area contributed by atoms with E-state index in [9.17, 15) is 13.2 Å². The third-order valence-electron chi connectivity index (χ3n) is 6.16. The molecular formula is C22H30N4O3S2. The second-order valence-corrected chi connectivity index (χ2v) is 10.9. The number of aryl methyl sites for hydroxylation is 1. The van der Waals surface area contributed by atoms with E-state index in [0.29, 0.717) is 18.8 Å². The predicted molar refractivity (Wildman–Crippen MR) is 126 cm³/mol. The summed E-state index contributed by atoms with van der Waals surface area (Å²) in [5.41, 5.74) is 2.82. The molecule has 2 aliphatic rings. The number of hydrogen-bond acceptors (Lipinski definition) is 6. The first-order valence-corrected chi connectivity index (χ1v) is 13.2. The lowest BCUT2D eigenvalue weighted by molar-refractivity contribution is 0.102. The van der Waals surface area contributed by atoms with Crippen molar-refractivity contribution in [3.05, 3.63) is 40.1 Å². The molecule has 1 aromatic carbocycles. The molecule has 1 aromatic heterocycles. The predicted octanol–water partition coefficient (Wildman–Crippen LogP) is 3.24. The average Bonchev–Trinajstić information content (AvgIpc) is 3.48. The maximum atomic E-state index is 13.0. The molecule has 2 aliphatic heterocycles. The summed E-state index contributed by atoms with van der Waals surface area (Å²) in [7, 11) is -3.63. The SMILES string of the molecule is CCN1CCN(c2ccc(NC(=O)c3sccc3S(=O)(=O)N3CCCC3)c(C)c2)CC1. The molecule has 0 aliphatic carbocycles. The minimum Gasteiger partial charge on any atom is -0.369 e. The van der Waals surface area contributed by atoms with Crippen molar-refractivity contribution in [1.82, 2.24) is 9.21 Å². The largest absolute Gasteiger partial charge is 0.369 e. The van der Waals surface area contributed by atoms with Crippen molar-refractivity contribution >= 4 is 38.6 Å². The van der Waals surface area contributed by atoms with Gasteiger partial charge in [0.05, 0.1) is 0 Å². The summed E-state index contributed by atoms with van der Waals surface area (Å²) in [6.45, 7) is 10.4. The standard InChI is InChI=1S/C22H30N4O3S2/c1-3-24-11-13-25(14-12-24)18-6-7-19(17(2)16-18)23-22(27)21-20(8-15-30-21)31(28,29)26-9-4-5-10-26/h6-8,15-16H,3-5,9-14H2,1-2H3,(H,23,27). The van der Waals surface area contributed by atoms with Crippen LogP contribution in [0.4, 0.5) is 11.4 Å². The van der Waals surface area contributed by atoms with E-state index in [0.717, 1.165) is 56.8 Å². The van der Waals surface area contributed by atoms with Crippen LogP contribution in [0, 0.1) is 6.92 Å². The van der Waals surface area contributed by atoms with Gasteiger partial charge in [0.15, 0.2) is 0 Å². The number of carbonyl (C=O) groups excluding carboxylic acids is 1. The molecule has 2 saturated heterocycles. The van der Waals surface area contributed by atoms with Crippen molar-refractivity contribution in [2.75, 3.05) is 56.0 Å². The Morgan fingerprint density at radius 3 is 2.42 bits per heavy atom. The van der Waals surface area contributed by atoms with E-state index in [4.69, 9.17) is 0 Å². The highest BCUT2D eigenvalue weighted by atomic mass is 32.2. The fraction of sp³-hybridized carbons (Fsp3) is 0.500. The van der Waals surface area contributed by atoms with E-state index in [-0.39, 0.29) is 15.7 Å². The first-order chi connectivity index (χ1) is 14.9. The molecule has 168 valence electrons. The number of thiophene rings is 1. The number of carbonyl (C=O) groups is 1. The van der Waals surface area contributed by atoms with Gasteiger partial charge in [-0.3, -0.25) is 4.79 Å². The van der Waals surface area contributed by atoms with Crippen molar-refractivity contribution < 1.29 is 13.2 Å². The molecule has 0 spiro atoms. The first-order valence-electron chi connectivity index (χ1n) is 10.9. The molecule has 2 aromatic rings. The quantitative estimate of drug-likeness (QED) is 0.714. The Bertz CT molecular complexity index is 1040.